The monoisotopic (exact) mass is 506 g/mol. The Morgan fingerprint density at radius 1 is 0.333 bits per heavy atom. The predicted molar refractivity (Wildman–Crippen MR) is 168 cm³/mol. The molecule has 1 unspecified atom stereocenters. The lowest BCUT2D eigenvalue weighted by Gasteiger charge is -2.07. The molecule has 0 bridgehead atoms. The van der Waals surface area contributed by atoms with Gasteiger partial charge < -0.3 is 0 Å². The third kappa shape index (κ3) is 32.0. The third-order valence-electron chi connectivity index (χ3n) is 8.64. The van der Waals surface area contributed by atoms with Crippen molar-refractivity contribution in [2.24, 2.45) is 5.92 Å². The molecule has 0 aliphatic carbocycles. The molecule has 0 amide bonds. The third-order valence-corrected chi connectivity index (χ3v) is 8.64. The lowest BCUT2D eigenvalue weighted by Crippen LogP contribution is -1.91. The summed E-state index contributed by atoms with van der Waals surface area (Å²) in [5, 5.41) is 0. The van der Waals surface area contributed by atoms with Crippen molar-refractivity contribution in [1.82, 2.24) is 0 Å². The van der Waals surface area contributed by atoms with E-state index in [0.717, 1.165) is 12.3 Å². The van der Waals surface area contributed by atoms with Gasteiger partial charge in [-0.3, -0.25) is 0 Å². The minimum atomic E-state index is 0.947. The first-order chi connectivity index (χ1) is 17.8. The Hall–Kier alpha value is 0. The number of hydrogen-bond acceptors (Lipinski definition) is 0. The van der Waals surface area contributed by atoms with E-state index < -0.39 is 0 Å². The maximum atomic E-state index is 3.93. The fourth-order valence-electron chi connectivity index (χ4n) is 5.65. The highest BCUT2D eigenvalue weighted by Crippen LogP contribution is 2.17. The van der Waals surface area contributed by atoms with E-state index in [1.54, 1.807) is 0 Å². The predicted octanol–water partition coefficient (Wildman–Crippen LogP) is 14.0. The second kappa shape index (κ2) is 33.0. The van der Waals surface area contributed by atoms with Crippen molar-refractivity contribution in [3.63, 3.8) is 0 Å². The van der Waals surface area contributed by atoms with Gasteiger partial charge in [-0.15, -0.1) is 0 Å². The highest BCUT2D eigenvalue weighted by Gasteiger charge is 1.99. The highest BCUT2D eigenvalue weighted by molar-refractivity contribution is 4.54. The molecule has 217 valence electrons. The Balaban J connectivity index is 3.02. The van der Waals surface area contributed by atoms with Gasteiger partial charge in [0.25, 0.3) is 0 Å². The molecule has 0 aliphatic heterocycles. The lowest BCUT2D eigenvalue weighted by molar-refractivity contribution is 0.468. The normalized spacial score (nSPS) is 12.4. The fourth-order valence-corrected chi connectivity index (χ4v) is 5.65. The Labute approximate surface area is 232 Å². The van der Waals surface area contributed by atoms with E-state index in [9.17, 15) is 0 Å². The van der Waals surface area contributed by atoms with Gasteiger partial charge >= 0.3 is 0 Å². The van der Waals surface area contributed by atoms with Crippen LogP contribution in [-0.4, -0.2) is 0 Å². The van der Waals surface area contributed by atoms with Crippen molar-refractivity contribution in [2.45, 2.75) is 219 Å². The van der Waals surface area contributed by atoms with Crippen LogP contribution in [0.15, 0.2) is 0 Å². The molecular formula is C36H73. The van der Waals surface area contributed by atoms with Gasteiger partial charge in [-0.05, 0) is 5.92 Å². The van der Waals surface area contributed by atoms with Crippen molar-refractivity contribution in [3.8, 4) is 0 Å². The van der Waals surface area contributed by atoms with Crippen molar-refractivity contribution in [3.05, 3.63) is 6.92 Å². The Morgan fingerprint density at radius 2 is 0.528 bits per heavy atom. The van der Waals surface area contributed by atoms with E-state index in [0.29, 0.717) is 0 Å². The zero-order chi connectivity index (χ0) is 26.2. The molecule has 0 saturated heterocycles. The molecule has 0 aromatic heterocycles. The van der Waals surface area contributed by atoms with E-state index in [-0.39, 0.29) is 0 Å². The van der Waals surface area contributed by atoms with Crippen LogP contribution in [0.5, 0.6) is 0 Å². The Kier molecular flexibility index (Phi) is 33.0. The van der Waals surface area contributed by atoms with Crippen LogP contribution in [0, 0.1) is 12.8 Å². The van der Waals surface area contributed by atoms with Gasteiger partial charge in [0.2, 0.25) is 0 Å². The molecule has 0 spiro atoms. The fraction of sp³-hybridized carbons (Fsp3) is 0.972. The summed E-state index contributed by atoms with van der Waals surface area (Å²) in [4.78, 5) is 0. The number of rotatable bonds is 32. The highest BCUT2D eigenvalue weighted by atomic mass is 14.1. The van der Waals surface area contributed by atoms with Gasteiger partial charge in [-0.1, -0.05) is 226 Å². The van der Waals surface area contributed by atoms with Crippen LogP contribution in [0.1, 0.15) is 219 Å². The van der Waals surface area contributed by atoms with Gasteiger partial charge in [-0.2, -0.15) is 0 Å². The molecule has 0 rings (SSSR count). The molecule has 0 saturated carbocycles. The van der Waals surface area contributed by atoms with Crippen molar-refractivity contribution < 1.29 is 0 Å². The average Bonchev–Trinajstić information content (AvgIpc) is 2.89. The summed E-state index contributed by atoms with van der Waals surface area (Å²) in [5.41, 5.74) is 0. The molecule has 0 aliphatic rings. The molecule has 0 heterocycles. The molecular weight excluding hydrogens is 432 g/mol. The van der Waals surface area contributed by atoms with Gasteiger partial charge in [0.15, 0.2) is 0 Å². The molecule has 0 heteroatoms. The Bertz CT molecular complexity index is 359. The smallest absolute Gasteiger partial charge is 0.0445 e. The number of unbranched alkanes of at least 4 members (excludes halogenated alkanes) is 29. The minimum Gasteiger partial charge on any atom is -0.0651 e. The topological polar surface area (TPSA) is 0 Å². The zero-order valence-electron chi connectivity index (χ0n) is 25.9. The van der Waals surface area contributed by atoms with Crippen LogP contribution in [-0.2, 0) is 0 Å². The summed E-state index contributed by atoms with van der Waals surface area (Å²) in [6, 6.07) is 0. The van der Waals surface area contributed by atoms with E-state index >= 15 is 0 Å². The van der Waals surface area contributed by atoms with E-state index in [1.807, 2.05) is 0 Å². The summed E-state index contributed by atoms with van der Waals surface area (Å²) < 4.78 is 0. The van der Waals surface area contributed by atoms with Crippen molar-refractivity contribution in [2.75, 3.05) is 0 Å². The summed E-state index contributed by atoms with van der Waals surface area (Å²) in [7, 11) is 0. The summed E-state index contributed by atoms with van der Waals surface area (Å²) in [6.45, 7) is 8.66. The molecule has 0 N–H and O–H groups in total. The first-order valence-corrected chi connectivity index (χ1v) is 17.6. The van der Waals surface area contributed by atoms with Crippen LogP contribution in [0.4, 0.5) is 0 Å². The molecule has 36 heavy (non-hydrogen) atoms. The molecule has 1 atom stereocenters. The summed E-state index contributed by atoms with van der Waals surface area (Å²) >= 11 is 0. The summed E-state index contributed by atoms with van der Waals surface area (Å²) in [5.74, 6) is 0.947. The molecule has 1 radical (unpaired) electrons. The second-order valence-electron chi connectivity index (χ2n) is 12.4. The van der Waals surface area contributed by atoms with Crippen LogP contribution >= 0.6 is 0 Å². The molecule has 0 aromatic rings. The SMILES string of the molecule is [CH2]CCCCCCCCCCCCCCCCCCCCCCCCCCCCCCCC(C)CC. The van der Waals surface area contributed by atoms with Crippen LogP contribution in [0.3, 0.4) is 0 Å². The van der Waals surface area contributed by atoms with Crippen molar-refractivity contribution in [1.29, 1.82) is 0 Å². The quantitative estimate of drug-likeness (QED) is 0.0797. The Morgan fingerprint density at radius 3 is 0.722 bits per heavy atom. The maximum absolute atomic E-state index is 3.93. The van der Waals surface area contributed by atoms with Crippen molar-refractivity contribution >= 4 is 0 Å². The van der Waals surface area contributed by atoms with E-state index in [4.69, 9.17) is 0 Å². The van der Waals surface area contributed by atoms with Crippen LogP contribution in [0.25, 0.3) is 0 Å². The lowest BCUT2D eigenvalue weighted by atomic mass is 9.99. The van der Waals surface area contributed by atoms with Gasteiger partial charge in [0.05, 0.1) is 0 Å². The standard InChI is InChI=1S/C36H73/c1-4-6-7-8-9-10-11-12-13-14-15-16-17-18-19-20-21-22-23-24-25-26-27-28-29-30-31-32-33-34-35-36(3)5-2/h36H,1,4-35H2,2-3H3. The first kappa shape index (κ1) is 36.0. The average molecular weight is 506 g/mol. The maximum Gasteiger partial charge on any atom is -0.0445 e. The second-order valence-corrected chi connectivity index (χ2v) is 12.4. The largest absolute Gasteiger partial charge is 0.0651 e. The molecule has 0 nitrogen and oxygen atoms in total. The van der Waals surface area contributed by atoms with Crippen LogP contribution < -0.4 is 0 Å². The van der Waals surface area contributed by atoms with Gasteiger partial charge in [-0.25, -0.2) is 0 Å². The minimum absolute atomic E-state index is 0.947. The molecule has 0 aromatic carbocycles. The van der Waals surface area contributed by atoms with Crippen LogP contribution in [0.2, 0.25) is 0 Å². The summed E-state index contributed by atoms with van der Waals surface area (Å²) in [6.07, 6.45) is 46.7. The first-order valence-electron chi connectivity index (χ1n) is 17.6. The van der Waals surface area contributed by atoms with E-state index in [2.05, 4.69) is 20.8 Å². The van der Waals surface area contributed by atoms with Gasteiger partial charge in [0.1, 0.15) is 0 Å². The van der Waals surface area contributed by atoms with E-state index in [1.165, 1.54) is 199 Å². The molecule has 0 fully saturated rings. The zero-order valence-corrected chi connectivity index (χ0v) is 25.9. The van der Waals surface area contributed by atoms with Gasteiger partial charge in [0, 0.05) is 0 Å². The number of hydrogen-bond donors (Lipinski definition) is 0.